The molecule has 0 radical (unpaired) electrons. The molecule has 10 heteroatoms. The zero-order chi connectivity index (χ0) is 12.1. The number of carboxylic acids is 1. The maximum atomic E-state index is 10.6. The lowest BCUT2D eigenvalue weighted by Gasteiger charge is -1.93. The predicted octanol–water partition coefficient (Wildman–Crippen LogP) is -0.0130. The lowest BCUT2D eigenvalue weighted by molar-refractivity contribution is -0.192. The van der Waals surface area contributed by atoms with E-state index in [1.807, 2.05) is 0 Å². The molecule has 1 rings (SSSR count). The summed E-state index contributed by atoms with van der Waals surface area (Å²) in [6, 6.07) is 0. The fraction of sp³-hybridized carbons (Fsp3) is 0.200. The van der Waals surface area contributed by atoms with E-state index in [0.717, 1.165) is 0 Å². The summed E-state index contributed by atoms with van der Waals surface area (Å²) in [6.07, 6.45) is -3.80. The van der Waals surface area contributed by atoms with Crippen molar-refractivity contribution < 1.29 is 27.7 Å². The Labute approximate surface area is 80.1 Å². The number of halogens is 3. The third-order valence-corrected chi connectivity index (χ3v) is 0.880. The Morgan fingerprint density at radius 1 is 1.60 bits per heavy atom. The highest BCUT2D eigenvalue weighted by Crippen LogP contribution is 2.13. The number of hydrogen-bond acceptors (Lipinski definition) is 5. The summed E-state index contributed by atoms with van der Waals surface area (Å²) >= 11 is 0. The normalized spacial score (nSPS) is 10.1. The van der Waals surface area contributed by atoms with Crippen LogP contribution in [-0.4, -0.2) is 33.4 Å². The first kappa shape index (κ1) is 12.9. The van der Waals surface area contributed by atoms with Gasteiger partial charge in [-0.25, -0.2) is 9.42 Å². The molecule has 0 aliphatic heterocycles. The SMILES string of the molecule is N=C(N)c1cnon1.O=C(O)C(F)(F)F. The van der Waals surface area contributed by atoms with Gasteiger partial charge in [-0.05, 0) is 5.16 Å². The number of hydrogen-bond donors (Lipinski definition) is 3. The molecule has 7 nitrogen and oxygen atoms in total. The summed E-state index contributed by atoms with van der Waals surface area (Å²) in [5, 5.41) is 20.4. The van der Waals surface area contributed by atoms with E-state index in [9.17, 15) is 13.2 Å². The lowest BCUT2D eigenvalue weighted by Crippen LogP contribution is -2.21. The van der Waals surface area contributed by atoms with Crippen LogP contribution in [0, 0.1) is 5.41 Å². The molecule has 0 spiro atoms. The summed E-state index contributed by atoms with van der Waals surface area (Å²) in [4.78, 5) is 8.90. The molecule has 4 N–H and O–H groups in total. The first-order valence-electron chi connectivity index (χ1n) is 3.17. The van der Waals surface area contributed by atoms with Crippen LogP contribution in [0.25, 0.3) is 0 Å². The fourth-order valence-electron chi connectivity index (χ4n) is 0.283. The third-order valence-electron chi connectivity index (χ3n) is 0.880. The van der Waals surface area contributed by atoms with E-state index in [1.54, 1.807) is 0 Å². The minimum absolute atomic E-state index is 0.133. The monoisotopic (exact) mass is 226 g/mol. The maximum Gasteiger partial charge on any atom is 0.490 e. The highest BCUT2D eigenvalue weighted by Gasteiger charge is 2.38. The van der Waals surface area contributed by atoms with Crippen LogP contribution in [0.4, 0.5) is 13.2 Å². The van der Waals surface area contributed by atoms with Gasteiger partial charge in [0.15, 0.2) is 5.69 Å². The fourth-order valence-corrected chi connectivity index (χ4v) is 0.283. The molecule has 0 unspecified atom stereocenters. The van der Waals surface area contributed by atoms with E-state index >= 15 is 0 Å². The minimum atomic E-state index is -5.08. The molecule has 1 aromatic rings. The van der Waals surface area contributed by atoms with Gasteiger partial charge in [-0.3, -0.25) is 5.41 Å². The van der Waals surface area contributed by atoms with Gasteiger partial charge in [0.2, 0.25) is 0 Å². The molecule has 15 heavy (non-hydrogen) atoms. The number of nitrogens with zero attached hydrogens (tertiary/aromatic N) is 2. The van der Waals surface area contributed by atoms with Gasteiger partial charge in [-0.15, -0.1) is 0 Å². The van der Waals surface area contributed by atoms with Crippen molar-refractivity contribution in [1.82, 2.24) is 10.3 Å². The molecule has 0 fully saturated rings. The number of aromatic nitrogens is 2. The second-order valence-electron chi connectivity index (χ2n) is 2.01. The Morgan fingerprint density at radius 2 is 2.07 bits per heavy atom. The van der Waals surface area contributed by atoms with E-state index in [-0.39, 0.29) is 11.5 Å². The van der Waals surface area contributed by atoms with Crippen molar-refractivity contribution in [2.45, 2.75) is 6.18 Å². The molecule has 0 aliphatic carbocycles. The Balaban J connectivity index is 0.000000265. The van der Waals surface area contributed by atoms with Gasteiger partial charge in [-0.2, -0.15) is 13.2 Å². The smallest absolute Gasteiger partial charge is 0.475 e. The van der Waals surface area contributed by atoms with Gasteiger partial charge in [-0.1, -0.05) is 5.16 Å². The predicted molar refractivity (Wildman–Crippen MR) is 39.0 cm³/mol. The standard InChI is InChI=1S/C3H4N4O.C2HF3O2/c4-3(5)2-1-6-8-7-2;3-2(4,5)1(6)7/h1H,(H3,4,5);(H,6,7). The number of carboxylic acid groups (broad SMARTS) is 1. The van der Waals surface area contributed by atoms with Gasteiger partial charge < -0.3 is 10.8 Å². The van der Waals surface area contributed by atoms with Crippen LogP contribution in [0.2, 0.25) is 0 Å². The summed E-state index contributed by atoms with van der Waals surface area (Å²) in [6.45, 7) is 0. The second kappa shape index (κ2) is 4.93. The Bertz CT molecular complexity index is 334. The van der Waals surface area contributed by atoms with Gasteiger partial charge in [0.25, 0.3) is 0 Å². The molecule has 84 valence electrons. The highest BCUT2D eigenvalue weighted by atomic mass is 19.4. The van der Waals surface area contributed by atoms with Crippen molar-refractivity contribution in [3.05, 3.63) is 11.9 Å². The number of nitrogens with one attached hydrogen (secondary N) is 1. The molecular weight excluding hydrogens is 221 g/mol. The van der Waals surface area contributed by atoms with Crippen LogP contribution in [0.5, 0.6) is 0 Å². The molecule has 0 aromatic carbocycles. The van der Waals surface area contributed by atoms with Crippen LogP contribution in [0.1, 0.15) is 5.69 Å². The van der Waals surface area contributed by atoms with Crippen molar-refractivity contribution in [1.29, 1.82) is 5.41 Å². The Kier molecular flexibility index (Phi) is 4.23. The average molecular weight is 226 g/mol. The summed E-state index contributed by atoms with van der Waals surface area (Å²) in [5.41, 5.74) is 5.25. The summed E-state index contributed by atoms with van der Waals surface area (Å²) in [5.74, 6) is -2.89. The van der Waals surface area contributed by atoms with E-state index < -0.39 is 12.1 Å². The number of aliphatic carboxylic acids is 1. The number of carbonyl (C=O) groups is 1. The van der Waals surface area contributed by atoms with E-state index in [0.29, 0.717) is 0 Å². The number of alkyl halides is 3. The van der Waals surface area contributed by atoms with Gasteiger partial charge in [0, 0.05) is 0 Å². The number of amidine groups is 1. The molecule has 1 aromatic heterocycles. The quantitative estimate of drug-likeness (QED) is 0.456. The topological polar surface area (TPSA) is 126 Å². The van der Waals surface area contributed by atoms with Gasteiger partial charge in [0.1, 0.15) is 12.0 Å². The van der Waals surface area contributed by atoms with E-state index in [1.165, 1.54) is 6.20 Å². The third kappa shape index (κ3) is 5.23. The van der Waals surface area contributed by atoms with Crippen molar-refractivity contribution in [3.8, 4) is 0 Å². The summed E-state index contributed by atoms with van der Waals surface area (Å²) < 4.78 is 35.9. The van der Waals surface area contributed by atoms with Crippen LogP contribution in [0.3, 0.4) is 0 Å². The molecule has 0 saturated carbocycles. The van der Waals surface area contributed by atoms with Crippen molar-refractivity contribution in [2.24, 2.45) is 5.73 Å². The lowest BCUT2D eigenvalue weighted by atomic mass is 10.5. The molecule has 0 bridgehead atoms. The molecule has 0 amide bonds. The molecule has 0 atom stereocenters. The molecule has 0 aliphatic rings. The number of nitrogen functional groups attached to an aromatic ring is 1. The van der Waals surface area contributed by atoms with Gasteiger partial charge in [0.05, 0.1) is 0 Å². The Hall–Kier alpha value is -2.13. The first-order valence-corrected chi connectivity index (χ1v) is 3.17. The second-order valence-corrected chi connectivity index (χ2v) is 2.01. The Morgan fingerprint density at radius 3 is 2.20 bits per heavy atom. The molecular formula is C5H5F3N4O3. The summed E-state index contributed by atoms with van der Waals surface area (Å²) in [7, 11) is 0. The first-order chi connectivity index (χ1) is 6.75. The van der Waals surface area contributed by atoms with Crippen molar-refractivity contribution in [3.63, 3.8) is 0 Å². The number of nitrogens with two attached hydrogens (primary N) is 1. The van der Waals surface area contributed by atoms with Crippen molar-refractivity contribution in [2.75, 3.05) is 0 Å². The van der Waals surface area contributed by atoms with Gasteiger partial charge >= 0.3 is 12.1 Å². The minimum Gasteiger partial charge on any atom is -0.475 e. The van der Waals surface area contributed by atoms with Crippen molar-refractivity contribution >= 4 is 11.8 Å². The van der Waals surface area contributed by atoms with E-state index in [2.05, 4.69) is 14.9 Å². The maximum absolute atomic E-state index is 10.6. The van der Waals surface area contributed by atoms with Crippen LogP contribution in [0.15, 0.2) is 10.8 Å². The van der Waals surface area contributed by atoms with E-state index in [4.69, 9.17) is 21.0 Å². The van der Waals surface area contributed by atoms with Crippen LogP contribution < -0.4 is 5.73 Å². The highest BCUT2D eigenvalue weighted by molar-refractivity contribution is 5.92. The largest absolute Gasteiger partial charge is 0.490 e. The molecule has 1 heterocycles. The zero-order valence-electron chi connectivity index (χ0n) is 6.95. The average Bonchev–Trinajstić information content (AvgIpc) is 2.54. The number of rotatable bonds is 1. The van der Waals surface area contributed by atoms with Crippen LogP contribution in [-0.2, 0) is 4.79 Å². The molecule has 0 saturated heterocycles. The zero-order valence-corrected chi connectivity index (χ0v) is 6.95. The van der Waals surface area contributed by atoms with Crippen LogP contribution >= 0.6 is 0 Å².